The van der Waals surface area contributed by atoms with Crippen LogP contribution in [-0.2, 0) is 25.8 Å². The minimum atomic E-state index is -0.950. The van der Waals surface area contributed by atoms with Crippen molar-refractivity contribution in [2.24, 2.45) is 17.8 Å². The van der Waals surface area contributed by atoms with Gasteiger partial charge >= 0.3 is 0 Å². The van der Waals surface area contributed by atoms with Crippen molar-refractivity contribution in [3.05, 3.63) is 64.7 Å². The number of likely N-dealkylation sites (N-methyl/N-ethyl adjacent to an activating group) is 1. The second kappa shape index (κ2) is 18.4. The largest absolute Gasteiger partial charge is 0.488 e. The summed E-state index contributed by atoms with van der Waals surface area (Å²) in [6.45, 7) is 11.9. The third kappa shape index (κ3) is 12.7. The number of amides is 4. The normalized spacial score (nSPS) is 13.2. The molecule has 0 bridgehead atoms. The van der Waals surface area contributed by atoms with Gasteiger partial charge in [-0.1, -0.05) is 83.5 Å². The van der Waals surface area contributed by atoms with Crippen LogP contribution in [0.5, 0.6) is 5.75 Å². The predicted octanol–water partition coefficient (Wildman–Crippen LogP) is 5.15. The summed E-state index contributed by atoms with van der Waals surface area (Å²) in [4.78, 5) is 58.8. The van der Waals surface area contributed by atoms with Gasteiger partial charge in [0.25, 0.3) is 11.8 Å². The zero-order valence-electron chi connectivity index (χ0n) is 27.7. The highest BCUT2D eigenvalue weighted by Crippen LogP contribution is 2.24. The van der Waals surface area contributed by atoms with Crippen molar-refractivity contribution >= 4 is 35.2 Å². The van der Waals surface area contributed by atoms with Crippen molar-refractivity contribution in [1.29, 1.82) is 0 Å². The minimum absolute atomic E-state index is 0.0456. The molecule has 0 radical (unpaired) electrons. The molecular formula is C34H49ClN4O6. The summed E-state index contributed by atoms with van der Waals surface area (Å²) in [5.74, 6) is -1.39. The Kier molecular flexibility index (Phi) is 15.3. The number of nitrogens with zero attached hydrogens (tertiary/aromatic N) is 1. The maximum absolute atomic E-state index is 13.7. The van der Waals surface area contributed by atoms with E-state index in [1.54, 1.807) is 12.1 Å². The maximum Gasteiger partial charge on any atom is 0.268 e. The van der Waals surface area contributed by atoms with E-state index in [1.165, 1.54) is 20.2 Å². The first kappa shape index (κ1) is 37.6. The van der Waals surface area contributed by atoms with Gasteiger partial charge in [0.05, 0.1) is 12.7 Å². The third-order valence-corrected chi connectivity index (χ3v) is 7.23. The first-order valence-corrected chi connectivity index (χ1v) is 15.8. The minimum Gasteiger partial charge on any atom is -0.488 e. The molecule has 0 aliphatic carbocycles. The second-order valence-electron chi connectivity index (χ2n) is 12.5. The molecule has 0 aliphatic rings. The molecule has 0 aliphatic heterocycles. The van der Waals surface area contributed by atoms with Crippen LogP contribution < -0.4 is 20.7 Å². The van der Waals surface area contributed by atoms with E-state index >= 15 is 0 Å². The number of halogens is 1. The lowest BCUT2D eigenvalue weighted by Crippen LogP contribution is -2.57. The molecular weight excluding hydrogens is 596 g/mol. The predicted molar refractivity (Wildman–Crippen MR) is 175 cm³/mol. The second-order valence-corrected chi connectivity index (χ2v) is 12.9. The number of carbonyl (C=O) groups is 4. The maximum atomic E-state index is 13.7. The summed E-state index contributed by atoms with van der Waals surface area (Å²) in [6, 6.07) is 11.6. The fourth-order valence-electron chi connectivity index (χ4n) is 4.73. The van der Waals surface area contributed by atoms with Crippen LogP contribution in [0.1, 0.15) is 76.7 Å². The highest BCUT2D eigenvalue weighted by molar-refractivity contribution is 6.31. The summed E-state index contributed by atoms with van der Waals surface area (Å²) in [7, 11) is 2.85. The zero-order valence-corrected chi connectivity index (χ0v) is 28.4. The van der Waals surface area contributed by atoms with E-state index < -0.39 is 41.8 Å². The molecule has 0 saturated heterocycles. The number of hydrogen-bond acceptors (Lipinski definition) is 6. The van der Waals surface area contributed by atoms with E-state index in [2.05, 4.69) is 16.0 Å². The molecule has 2 aromatic rings. The average molecular weight is 645 g/mol. The zero-order chi connectivity index (χ0) is 33.7. The van der Waals surface area contributed by atoms with Gasteiger partial charge in [-0.25, -0.2) is 5.06 Å². The molecule has 0 aromatic heterocycles. The Labute approximate surface area is 272 Å². The Morgan fingerprint density at radius 2 is 1.27 bits per heavy atom. The topological polar surface area (TPSA) is 126 Å². The molecule has 11 heteroatoms. The molecule has 45 heavy (non-hydrogen) atoms. The molecule has 2 aromatic carbocycles. The lowest BCUT2D eigenvalue weighted by Gasteiger charge is -2.28. The van der Waals surface area contributed by atoms with Crippen LogP contribution in [0.2, 0.25) is 5.02 Å². The average Bonchev–Trinajstić information content (AvgIpc) is 2.98. The number of nitrogens with one attached hydrogen (secondary N) is 3. The first-order chi connectivity index (χ1) is 21.2. The molecule has 3 N–H and O–H groups in total. The van der Waals surface area contributed by atoms with Crippen molar-refractivity contribution in [2.45, 2.75) is 85.5 Å². The van der Waals surface area contributed by atoms with Gasteiger partial charge in [-0.05, 0) is 60.8 Å². The molecule has 10 nitrogen and oxygen atoms in total. The fourth-order valence-corrected chi connectivity index (χ4v) is 4.90. The quantitative estimate of drug-likeness (QED) is 0.205. The van der Waals surface area contributed by atoms with Gasteiger partial charge < -0.3 is 20.7 Å². The van der Waals surface area contributed by atoms with Gasteiger partial charge in [0, 0.05) is 12.1 Å². The lowest BCUT2D eigenvalue weighted by molar-refractivity contribution is -0.172. The lowest BCUT2D eigenvalue weighted by atomic mass is 9.98. The van der Waals surface area contributed by atoms with E-state index in [0.717, 1.165) is 10.6 Å². The van der Waals surface area contributed by atoms with Crippen LogP contribution in [0.4, 0.5) is 0 Å². The van der Waals surface area contributed by atoms with Gasteiger partial charge in [-0.15, -0.1) is 0 Å². The Hall–Kier alpha value is -3.63. The molecule has 0 saturated carbocycles. The molecule has 2 rings (SSSR count). The van der Waals surface area contributed by atoms with Gasteiger partial charge in [0.15, 0.2) is 0 Å². The smallest absolute Gasteiger partial charge is 0.268 e. The monoisotopic (exact) mass is 644 g/mol. The van der Waals surface area contributed by atoms with Crippen molar-refractivity contribution < 1.29 is 28.8 Å². The van der Waals surface area contributed by atoms with Crippen LogP contribution in [-0.4, -0.2) is 61.0 Å². The first-order valence-electron chi connectivity index (χ1n) is 15.4. The van der Waals surface area contributed by atoms with Gasteiger partial charge in [0.1, 0.15) is 30.5 Å². The highest BCUT2D eigenvalue weighted by Gasteiger charge is 2.32. The van der Waals surface area contributed by atoms with Crippen LogP contribution in [0.25, 0.3) is 0 Å². The summed E-state index contributed by atoms with van der Waals surface area (Å²) in [5, 5.41) is 9.92. The third-order valence-electron chi connectivity index (χ3n) is 7.00. The number of hydrogen-bond donors (Lipinski definition) is 3. The SMILES string of the molecule is CON(C)C(=O)[C@@H](CC(C)C)NC(=O)[C@H](CC(C)C)NC(=O)[C@H](CC(C)C)NC(=O)c1cc(Cl)ccc1OCc1ccccc1. The van der Waals surface area contributed by atoms with E-state index in [4.69, 9.17) is 21.2 Å². The van der Waals surface area contributed by atoms with E-state index in [1.807, 2.05) is 71.9 Å². The number of carbonyl (C=O) groups excluding carboxylic acids is 4. The summed E-state index contributed by atoms with van der Waals surface area (Å²) >= 11 is 6.24. The van der Waals surface area contributed by atoms with Gasteiger partial charge in [-0.3, -0.25) is 24.0 Å². The van der Waals surface area contributed by atoms with Crippen LogP contribution in [0, 0.1) is 17.8 Å². The van der Waals surface area contributed by atoms with Crippen LogP contribution in [0.15, 0.2) is 48.5 Å². The molecule has 0 heterocycles. The number of hydroxylamine groups is 2. The van der Waals surface area contributed by atoms with E-state index in [-0.39, 0.29) is 29.9 Å². The van der Waals surface area contributed by atoms with Gasteiger partial charge in [-0.2, -0.15) is 0 Å². The number of benzene rings is 2. The Balaban J connectivity index is 2.27. The number of rotatable bonds is 17. The molecule has 3 atom stereocenters. The summed E-state index contributed by atoms with van der Waals surface area (Å²) in [6.07, 6.45) is 1.04. The van der Waals surface area contributed by atoms with Crippen molar-refractivity contribution in [1.82, 2.24) is 21.0 Å². The van der Waals surface area contributed by atoms with Crippen molar-refractivity contribution in [3.8, 4) is 5.75 Å². The Morgan fingerprint density at radius 1 is 0.756 bits per heavy atom. The molecule has 0 spiro atoms. The van der Waals surface area contributed by atoms with E-state index in [0.29, 0.717) is 30.0 Å². The summed E-state index contributed by atoms with van der Waals surface area (Å²) < 4.78 is 5.96. The molecule has 248 valence electrons. The standard InChI is InChI=1S/C34H49ClN4O6/c1-21(2)16-27(36-31(40)26-19-25(35)14-15-30(26)45-20-24-12-10-9-11-13-24)32(41)37-28(17-22(3)4)33(42)38-29(18-23(5)6)34(43)39(7)44-8/h9-15,19,21-23,27-29H,16-18,20H2,1-8H3,(H,36,40)(H,37,41)(H,38,42)/t27-,28-,29+/m0/s1. The van der Waals surface area contributed by atoms with Crippen LogP contribution >= 0.6 is 11.6 Å². The van der Waals surface area contributed by atoms with Crippen LogP contribution in [0.3, 0.4) is 0 Å². The highest BCUT2D eigenvalue weighted by atomic mass is 35.5. The molecule has 0 fully saturated rings. The molecule has 0 unspecified atom stereocenters. The summed E-state index contributed by atoms with van der Waals surface area (Å²) in [5.41, 5.74) is 1.12. The Morgan fingerprint density at radius 3 is 1.80 bits per heavy atom. The fraction of sp³-hybridized carbons (Fsp3) is 0.529. The van der Waals surface area contributed by atoms with E-state index in [9.17, 15) is 19.2 Å². The van der Waals surface area contributed by atoms with Gasteiger partial charge in [0.2, 0.25) is 11.8 Å². The molecule has 4 amide bonds. The van der Waals surface area contributed by atoms with Crippen molar-refractivity contribution in [3.63, 3.8) is 0 Å². The van der Waals surface area contributed by atoms with Crippen molar-refractivity contribution in [2.75, 3.05) is 14.2 Å². The number of ether oxygens (including phenoxy) is 1. The Bertz CT molecular complexity index is 1270.